The van der Waals surface area contributed by atoms with E-state index in [2.05, 4.69) is 16.0 Å². The predicted octanol–water partition coefficient (Wildman–Crippen LogP) is 7.22. The minimum absolute atomic E-state index is 0.0791. The Labute approximate surface area is 245 Å². The molecule has 0 spiro atoms. The van der Waals surface area contributed by atoms with E-state index in [-0.39, 0.29) is 22.8 Å². The molecule has 1 unspecified atom stereocenters. The number of aryl methyl sites for hydroxylation is 2. The van der Waals surface area contributed by atoms with Crippen LogP contribution in [-0.4, -0.2) is 23.0 Å². The van der Waals surface area contributed by atoms with Gasteiger partial charge >= 0.3 is 0 Å². The van der Waals surface area contributed by atoms with Crippen molar-refractivity contribution >= 4 is 46.9 Å². The van der Waals surface area contributed by atoms with Crippen molar-refractivity contribution in [3.8, 4) is 0 Å². The lowest BCUT2D eigenvalue weighted by Crippen LogP contribution is -2.30. The summed E-state index contributed by atoms with van der Waals surface area (Å²) >= 11 is 1.43. The highest BCUT2D eigenvalue weighted by atomic mass is 32.2. The van der Waals surface area contributed by atoms with Crippen molar-refractivity contribution in [3.63, 3.8) is 0 Å². The molecule has 4 aromatic carbocycles. The van der Waals surface area contributed by atoms with E-state index in [1.807, 2.05) is 93.6 Å². The topological polar surface area (TPSA) is 87.3 Å². The number of carbonyl (C=O) groups excluding carboxylic acids is 3. The van der Waals surface area contributed by atoms with E-state index in [0.29, 0.717) is 17.7 Å². The third kappa shape index (κ3) is 8.43. The SMILES string of the molecule is CCC(Sc1cccc(NC(=O)/C(=C/c2ccccc2C)NC(=O)c2ccccc2)c1)C(=O)Nc1cccc(C)c1. The Morgan fingerprint density at radius 2 is 1.46 bits per heavy atom. The minimum Gasteiger partial charge on any atom is -0.325 e. The van der Waals surface area contributed by atoms with Gasteiger partial charge in [-0.1, -0.05) is 67.6 Å². The van der Waals surface area contributed by atoms with Crippen LogP contribution in [0, 0.1) is 13.8 Å². The van der Waals surface area contributed by atoms with Gasteiger partial charge in [0.25, 0.3) is 11.8 Å². The first kappa shape index (κ1) is 29.4. The Kier molecular flexibility index (Phi) is 10.1. The number of hydrogen-bond donors (Lipinski definition) is 3. The van der Waals surface area contributed by atoms with E-state index in [0.717, 1.165) is 27.3 Å². The Balaban J connectivity index is 1.51. The third-order valence-electron chi connectivity index (χ3n) is 6.34. The molecule has 7 heteroatoms. The van der Waals surface area contributed by atoms with Crippen LogP contribution in [0.2, 0.25) is 0 Å². The predicted molar refractivity (Wildman–Crippen MR) is 168 cm³/mol. The zero-order valence-electron chi connectivity index (χ0n) is 23.3. The number of thioether (sulfide) groups is 1. The normalized spacial score (nSPS) is 11.8. The van der Waals surface area contributed by atoms with Gasteiger partial charge in [-0.25, -0.2) is 0 Å². The quantitative estimate of drug-likeness (QED) is 0.140. The molecule has 1 atom stereocenters. The second kappa shape index (κ2) is 14.1. The molecule has 0 aliphatic heterocycles. The second-order valence-corrected chi connectivity index (χ2v) is 10.9. The fourth-order valence-corrected chi connectivity index (χ4v) is 5.14. The fraction of sp³-hybridized carbons (Fsp3) is 0.147. The lowest BCUT2D eigenvalue weighted by atomic mass is 10.1. The highest BCUT2D eigenvalue weighted by Gasteiger charge is 2.19. The fourth-order valence-electron chi connectivity index (χ4n) is 4.12. The van der Waals surface area contributed by atoms with Crippen molar-refractivity contribution in [1.82, 2.24) is 5.32 Å². The molecule has 208 valence electrons. The number of amides is 3. The molecule has 6 nitrogen and oxygen atoms in total. The molecule has 41 heavy (non-hydrogen) atoms. The zero-order chi connectivity index (χ0) is 29.2. The van der Waals surface area contributed by atoms with Crippen molar-refractivity contribution in [3.05, 3.63) is 131 Å². The van der Waals surface area contributed by atoms with Gasteiger partial charge in [-0.3, -0.25) is 14.4 Å². The number of nitrogens with one attached hydrogen (secondary N) is 3. The van der Waals surface area contributed by atoms with Gasteiger partial charge in [-0.2, -0.15) is 0 Å². The monoisotopic (exact) mass is 563 g/mol. The van der Waals surface area contributed by atoms with E-state index >= 15 is 0 Å². The molecule has 0 bridgehead atoms. The molecule has 4 aromatic rings. The lowest BCUT2D eigenvalue weighted by Gasteiger charge is -2.16. The average molecular weight is 564 g/mol. The number of anilines is 2. The molecule has 0 radical (unpaired) electrons. The van der Waals surface area contributed by atoms with Crippen molar-refractivity contribution in [2.24, 2.45) is 0 Å². The molecule has 4 rings (SSSR count). The van der Waals surface area contributed by atoms with Crippen LogP contribution in [0.4, 0.5) is 11.4 Å². The van der Waals surface area contributed by atoms with Gasteiger partial charge in [-0.05, 0) is 85.5 Å². The van der Waals surface area contributed by atoms with E-state index in [4.69, 9.17) is 0 Å². The summed E-state index contributed by atoms with van der Waals surface area (Å²) in [5.74, 6) is -0.913. The van der Waals surface area contributed by atoms with Crippen LogP contribution in [0.5, 0.6) is 0 Å². The highest BCUT2D eigenvalue weighted by Crippen LogP contribution is 2.29. The molecule has 0 saturated carbocycles. The summed E-state index contributed by atoms with van der Waals surface area (Å²) in [5.41, 5.74) is 4.75. The van der Waals surface area contributed by atoms with Crippen molar-refractivity contribution in [2.75, 3.05) is 10.6 Å². The van der Waals surface area contributed by atoms with Crippen LogP contribution in [0.3, 0.4) is 0 Å². The first-order chi connectivity index (χ1) is 19.8. The maximum atomic E-state index is 13.5. The van der Waals surface area contributed by atoms with E-state index in [9.17, 15) is 14.4 Å². The molecule has 0 fully saturated rings. The molecular formula is C34H33N3O3S. The Morgan fingerprint density at radius 3 is 2.17 bits per heavy atom. The Hall–Kier alpha value is -4.62. The van der Waals surface area contributed by atoms with Crippen molar-refractivity contribution < 1.29 is 14.4 Å². The second-order valence-electron chi connectivity index (χ2n) is 9.59. The van der Waals surface area contributed by atoms with Crippen LogP contribution in [0.25, 0.3) is 6.08 Å². The molecule has 0 saturated heterocycles. The van der Waals surface area contributed by atoms with Gasteiger partial charge in [-0.15, -0.1) is 11.8 Å². The van der Waals surface area contributed by atoms with E-state index in [1.54, 1.807) is 36.4 Å². The standard InChI is InChI=1S/C34H33N3O3S/c1-4-31(34(40)36-27-17-10-12-23(2)20-27)41-29-19-11-18-28(22-29)35-33(39)30(21-26-16-9-8-13-24(26)3)37-32(38)25-14-6-5-7-15-25/h5-22,31H,4H2,1-3H3,(H,35,39)(H,36,40)(H,37,38)/b30-21-. The average Bonchev–Trinajstić information content (AvgIpc) is 2.97. The summed E-state index contributed by atoms with van der Waals surface area (Å²) in [5, 5.41) is 8.37. The Bertz CT molecular complexity index is 1570. The smallest absolute Gasteiger partial charge is 0.272 e. The van der Waals surface area contributed by atoms with Gasteiger partial charge in [0.2, 0.25) is 5.91 Å². The molecule has 3 amide bonds. The molecule has 3 N–H and O–H groups in total. The maximum absolute atomic E-state index is 13.5. The van der Waals surface area contributed by atoms with Crippen LogP contribution in [0.15, 0.2) is 114 Å². The van der Waals surface area contributed by atoms with Crippen molar-refractivity contribution in [2.45, 2.75) is 37.3 Å². The van der Waals surface area contributed by atoms with Crippen LogP contribution < -0.4 is 16.0 Å². The number of hydrogen-bond acceptors (Lipinski definition) is 4. The first-order valence-corrected chi connectivity index (χ1v) is 14.3. The summed E-state index contributed by atoms with van der Waals surface area (Å²) in [7, 11) is 0. The minimum atomic E-state index is -0.455. The summed E-state index contributed by atoms with van der Waals surface area (Å²) in [4.78, 5) is 40.2. The van der Waals surface area contributed by atoms with E-state index < -0.39 is 5.91 Å². The number of carbonyl (C=O) groups is 3. The largest absolute Gasteiger partial charge is 0.325 e. The number of rotatable bonds is 10. The summed E-state index contributed by atoms with van der Waals surface area (Å²) in [6.45, 7) is 5.90. The summed E-state index contributed by atoms with van der Waals surface area (Å²) < 4.78 is 0. The molecule has 0 heterocycles. The maximum Gasteiger partial charge on any atom is 0.272 e. The third-order valence-corrected chi connectivity index (χ3v) is 7.69. The molecule has 0 aromatic heterocycles. The van der Waals surface area contributed by atoms with Gasteiger partial charge in [0, 0.05) is 21.8 Å². The summed E-state index contributed by atoms with van der Waals surface area (Å²) in [6, 6.07) is 31.4. The zero-order valence-corrected chi connectivity index (χ0v) is 24.1. The highest BCUT2D eigenvalue weighted by molar-refractivity contribution is 8.00. The van der Waals surface area contributed by atoms with Crippen molar-refractivity contribution in [1.29, 1.82) is 0 Å². The first-order valence-electron chi connectivity index (χ1n) is 13.4. The summed E-state index contributed by atoms with van der Waals surface area (Å²) in [6.07, 6.45) is 2.31. The van der Waals surface area contributed by atoms with Gasteiger partial charge in [0.15, 0.2) is 0 Å². The van der Waals surface area contributed by atoms with Crippen LogP contribution in [0.1, 0.15) is 40.4 Å². The number of benzene rings is 4. The van der Waals surface area contributed by atoms with E-state index in [1.165, 1.54) is 11.8 Å². The lowest BCUT2D eigenvalue weighted by molar-refractivity contribution is -0.116. The Morgan fingerprint density at radius 1 is 0.780 bits per heavy atom. The van der Waals surface area contributed by atoms with Crippen LogP contribution >= 0.6 is 11.8 Å². The van der Waals surface area contributed by atoms with Gasteiger partial charge < -0.3 is 16.0 Å². The molecule has 0 aliphatic carbocycles. The van der Waals surface area contributed by atoms with Gasteiger partial charge in [0.05, 0.1) is 5.25 Å². The van der Waals surface area contributed by atoms with Crippen LogP contribution in [-0.2, 0) is 9.59 Å². The molecule has 0 aliphatic rings. The van der Waals surface area contributed by atoms with Gasteiger partial charge in [0.1, 0.15) is 5.70 Å². The molecular weight excluding hydrogens is 530 g/mol.